The van der Waals surface area contributed by atoms with Gasteiger partial charge in [-0.3, -0.25) is 0 Å². The highest BCUT2D eigenvalue weighted by Crippen LogP contribution is 2.20. The summed E-state index contributed by atoms with van der Waals surface area (Å²) in [6, 6.07) is 1.90. The van der Waals surface area contributed by atoms with Gasteiger partial charge in [-0.1, -0.05) is 0 Å². The van der Waals surface area contributed by atoms with Gasteiger partial charge in [-0.15, -0.1) is 0 Å². The minimum Gasteiger partial charge on any atom is -0.377 e. The zero-order valence-electron chi connectivity index (χ0n) is 11.1. The predicted octanol–water partition coefficient (Wildman–Crippen LogP) is 0.0937. The van der Waals surface area contributed by atoms with Crippen molar-refractivity contribution in [2.75, 3.05) is 32.2 Å². The normalized spacial score (nSPS) is 23.7. The highest BCUT2D eigenvalue weighted by Gasteiger charge is 2.34. The third-order valence-electron chi connectivity index (χ3n) is 3.21. The minimum absolute atomic E-state index is 0.0560. The first-order valence-corrected chi connectivity index (χ1v) is 6.03. The third kappa shape index (κ3) is 2.60. The number of nitrogens with two attached hydrogens (primary N) is 1. The van der Waals surface area contributed by atoms with Crippen molar-refractivity contribution in [1.29, 1.82) is 0 Å². The topological polar surface area (TPSA) is 73.5 Å². The van der Waals surface area contributed by atoms with E-state index in [2.05, 4.69) is 14.9 Å². The number of nitrogens with zero attached hydrogens (tertiary/aromatic N) is 3. The lowest BCUT2D eigenvalue weighted by Crippen LogP contribution is -2.27. The van der Waals surface area contributed by atoms with Crippen LogP contribution in [-0.2, 0) is 16.0 Å². The van der Waals surface area contributed by atoms with Gasteiger partial charge in [0.05, 0.1) is 5.69 Å². The lowest BCUT2D eigenvalue weighted by atomic mass is 10.3. The number of aryl methyl sites for hydroxylation is 1. The van der Waals surface area contributed by atoms with Gasteiger partial charge >= 0.3 is 0 Å². The van der Waals surface area contributed by atoms with Gasteiger partial charge in [0.25, 0.3) is 0 Å². The van der Waals surface area contributed by atoms with Gasteiger partial charge in [-0.05, 0) is 13.0 Å². The van der Waals surface area contributed by atoms with E-state index in [1.807, 2.05) is 13.0 Å². The first-order chi connectivity index (χ1) is 8.67. The van der Waals surface area contributed by atoms with E-state index in [0.29, 0.717) is 12.5 Å². The molecule has 0 bridgehead atoms. The van der Waals surface area contributed by atoms with E-state index in [9.17, 15) is 0 Å². The smallest absolute Gasteiger partial charge is 0.226 e. The quantitative estimate of drug-likeness (QED) is 0.819. The van der Waals surface area contributed by atoms with Crippen LogP contribution < -0.4 is 10.6 Å². The van der Waals surface area contributed by atoms with Crippen molar-refractivity contribution in [2.45, 2.75) is 25.7 Å². The van der Waals surface area contributed by atoms with Gasteiger partial charge in [0.1, 0.15) is 12.2 Å². The van der Waals surface area contributed by atoms with Crippen LogP contribution in [0.1, 0.15) is 11.4 Å². The Balaban J connectivity index is 2.20. The maximum absolute atomic E-state index is 5.64. The van der Waals surface area contributed by atoms with Gasteiger partial charge < -0.3 is 20.1 Å². The van der Waals surface area contributed by atoms with Gasteiger partial charge in [0.2, 0.25) is 5.95 Å². The molecule has 2 unspecified atom stereocenters. The predicted molar refractivity (Wildman–Crippen MR) is 68.5 cm³/mol. The van der Waals surface area contributed by atoms with Gasteiger partial charge in [0.15, 0.2) is 0 Å². The summed E-state index contributed by atoms with van der Waals surface area (Å²) in [5, 5.41) is 0. The number of rotatable bonds is 4. The van der Waals surface area contributed by atoms with E-state index in [4.69, 9.17) is 15.2 Å². The second-order valence-electron chi connectivity index (χ2n) is 4.46. The molecule has 2 rings (SSSR count). The summed E-state index contributed by atoms with van der Waals surface area (Å²) >= 11 is 0. The van der Waals surface area contributed by atoms with Gasteiger partial charge in [-0.25, -0.2) is 9.97 Å². The van der Waals surface area contributed by atoms with Crippen LogP contribution in [-0.4, -0.2) is 49.5 Å². The summed E-state index contributed by atoms with van der Waals surface area (Å²) in [5.74, 6) is 0.706. The Labute approximate surface area is 107 Å². The molecule has 6 heteroatoms. The molecule has 1 aromatic heterocycles. The maximum Gasteiger partial charge on any atom is 0.226 e. The molecule has 1 aliphatic heterocycles. The Morgan fingerprint density at radius 2 is 1.89 bits per heavy atom. The number of anilines is 1. The fraction of sp³-hybridized carbons (Fsp3) is 0.667. The van der Waals surface area contributed by atoms with Gasteiger partial charge in [-0.2, -0.15) is 0 Å². The second-order valence-corrected chi connectivity index (χ2v) is 4.46. The van der Waals surface area contributed by atoms with Crippen molar-refractivity contribution >= 4 is 5.95 Å². The molecule has 100 valence electrons. The van der Waals surface area contributed by atoms with Crippen LogP contribution >= 0.6 is 0 Å². The molecule has 6 nitrogen and oxygen atoms in total. The summed E-state index contributed by atoms with van der Waals surface area (Å²) in [5.41, 5.74) is 7.42. The van der Waals surface area contributed by atoms with Crippen LogP contribution in [0.4, 0.5) is 5.95 Å². The molecule has 1 aliphatic rings. The Morgan fingerprint density at radius 3 is 2.39 bits per heavy atom. The molecule has 1 saturated heterocycles. The molecule has 0 saturated carbocycles. The van der Waals surface area contributed by atoms with Crippen molar-refractivity contribution in [3.05, 3.63) is 17.5 Å². The third-order valence-corrected chi connectivity index (χ3v) is 3.21. The zero-order valence-corrected chi connectivity index (χ0v) is 11.1. The first kappa shape index (κ1) is 13.2. The molecular weight excluding hydrogens is 232 g/mol. The van der Waals surface area contributed by atoms with Crippen LogP contribution in [0.5, 0.6) is 0 Å². The van der Waals surface area contributed by atoms with E-state index >= 15 is 0 Å². The Kier molecular flexibility index (Phi) is 4.11. The SMILES string of the molecule is COC1CN(c2nc(C)cc(CN)n2)CC1OC. The minimum atomic E-state index is 0.0560. The lowest BCUT2D eigenvalue weighted by Gasteiger charge is -2.16. The maximum atomic E-state index is 5.64. The molecule has 18 heavy (non-hydrogen) atoms. The Hall–Kier alpha value is -1.24. The second kappa shape index (κ2) is 5.60. The van der Waals surface area contributed by atoms with E-state index in [0.717, 1.165) is 24.5 Å². The van der Waals surface area contributed by atoms with E-state index in [1.54, 1.807) is 14.2 Å². The molecule has 2 heterocycles. The first-order valence-electron chi connectivity index (χ1n) is 6.03. The molecule has 1 aromatic rings. The fourth-order valence-corrected chi connectivity index (χ4v) is 2.22. The number of methoxy groups -OCH3 is 2. The Morgan fingerprint density at radius 1 is 1.28 bits per heavy atom. The summed E-state index contributed by atoms with van der Waals surface area (Å²) in [7, 11) is 3.39. The molecule has 0 spiro atoms. The van der Waals surface area contributed by atoms with Crippen LogP contribution in [0.2, 0.25) is 0 Å². The molecule has 0 aromatic carbocycles. The number of hydrogen-bond acceptors (Lipinski definition) is 6. The van der Waals surface area contributed by atoms with Crippen molar-refractivity contribution in [1.82, 2.24) is 9.97 Å². The van der Waals surface area contributed by atoms with Crippen molar-refractivity contribution < 1.29 is 9.47 Å². The largest absolute Gasteiger partial charge is 0.377 e. The van der Waals surface area contributed by atoms with E-state index < -0.39 is 0 Å². The summed E-state index contributed by atoms with van der Waals surface area (Å²) in [6.45, 7) is 3.85. The monoisotopic (exact) mass is 252 g/mol. The summed E-state index contributed by atoms with van der Waals surface area (Å²) < 4.78 is 10.8. The average Bonchev–Trinajstić information content (AvgIpc) is 2.81. The van der Waals surface area contributed by atoms with E-state index in [-0.39, 0.29) is 12.2 Å². The Bertz CT molecular complexity index is 401. The number of ether oxygens (including phenoxy) is 2. The molecule has 0 aliphatic carbocycles. The van der Waals surface area contributed by atoms with Crippen molar-refractivity contribution in [3.63, 3.8) is 0 Å². The molecular formula is C12H20N4O2. The van der Waals surface area contributed by atoms with Crippen LogP contribution in [0.3, 0.4) is 0 Å². The fourth-order valence-electron chi connectivity index (χ4n) is 2.22. The molecule has 1 fully saturated rings. The lowest BCUT2D eigenvalue weighted by molar-refractivity contribution is -0.00461. The number of aromatic nitrogens is 2. The number of hydrogen-bond donors (Lipinski definition) is 1. The molecule has 2 N–H and O–H groups in total. The van der Waals surface area contributed by atoms with Crippen LogP contribution in [0.25, 0.3) is 0 Å². The standard InChI is InChI=1S/C12H20N4O2/c1-8-4-9(5-13)15-12(14-8)16-6-10(17-2)11(7-16)18-3/h4,10-11H,5-7,13H2,1-3H3. The summed E-state index contributed by atoms with van der Waals surface area (Å²) in [4.78, 5) is 11.0. The highest BCUT2D eigenvalue weighted by atomic mass is 16.5. The summed E-state index contributed by atoms with van der Waals surface area (Å²) in [6.07, 6.45) is 0.112. The van der Waals surface area contributed by atoms with Crippen molar-refractivity contribution in [2.24, 2.45) is 5.73 Å². The average molecular weight is 252 g/mol. The zero-order chi connectivity index (χ0) is 13.1. The van der Waals surface area contributed by atoms with Crippen LogP contribution in [0.15, 0.2) is 6.07 Å². The van der Waals surface area contributed by atoms with Crippen molar-refractivity contribution in [3.8, 4) is 0 Å². The van der Waals surface area contributed by atoms with E-state index in [1.165, 1.54) is 0 Å². The highest BCUT2D eigenvalue weighted by molar-refractivity contribution is 5.35. The molecule has 2 atom stereocenters. The van der Waals surface area contributed by atoms with Gasteiger partial charge in [0, 0.05) is 39.5 Å². The molecule has 0 amide bonds. The van der Waals surface area contributed by atoms with Crippen LogP contribution in [0, 0.1) is 6.92 Å². The molecule has 0 radical (unpaired) electrons.